The van der Waals surface area contributed by atoms with Gasteiger partial charge < -0.3 is 10.2 Å². The summed E-state index contributed by atoms with van der Waals surface area (Å²) in [4.78, 5) is 1.73. The minimum absolute atomic E-state index is 0.557. The third-order valence-corrected chi connectivity index (χ3v) is 3.98. The second-order valence-corrected chi connectivity index (χ2v) is 6.04. The maximum absolute atomic E-state index is 9.51. The first-order chi connectivity index (χ1) is 9.59. The first kappa shape index (κ1) is 19.9. The average molecular weight is 287 g/mol. The van der Waals surface area contributed by atoms with Crippen LogP contribution >= 0.6 is 0 Å². The van der Waals surface area contributed by atoms with E-state index in [-0.39, 0.29) is 0 Å². The SMILES string of the molecule is CCCCCCCCCCCCCN(C(C)O)C(C)O. The van der Waals surface area contributed by atoms with Crippen molar-refractivity contribution in [2.45, 2.75) is 104 Å². The Morgan fingerprint density at radius 1 is 0.650 bits per heavy atom. The van der Waals surface area contributed by atoms with Crippen molar-refractivity contribution in [3.63, 3.8) is 0 Å². The maximum atomic E-state index is 9.51. The van der Waals surface area contributed by atoms with E-state index in [9.17, 15) is 10.2 Å². The molecule has 0 aromatic rings. The van der Waals surface area contributed by atoms with Crippen LogP contribution in [0.2, 0.25) is 0 Å². The van der Waals surface area contributed by atoms with Crippen molar-refractivity contribution >= 4 is 0 Å². The van der Waals surface area contributed by atoms with Crippen LogP contribution in [0, 0.1) is 0 Å². The van der Waals surface area contributed by atoms with E-state index in [0.29, 0.717) is 0 Å². The summed E-state index contributed by atoms with van der Waals surface area (Å²) >= 11 is 0. The summed E-state index contributed by atoms with van der Waals surface area (Å²) in [5.41, 5.74) is 0. The third-order valence-electron chi connectivity index (χ3n) is 3.98. The minimum Gasteiger partial charge on any atom is -0.379 e. The van der Waals surface area contributed by atoms with Crippen LogP contribution in [0.1, 0.15) is 91.4 Å². The molecule has 0 bridgehead atoms. The van der Waals surface area contributed by atoms with Crippen molar-refractivity contribution < 1.29 is 10.2 Å². The van der Waals surface area contributed by atoms with E-state index in [4.69, 9.17) is 0 Å². The van der Waals surface area contributed by atoms with Crippen LogP contribution in [-0.4, -0.2) is 34.1 Å². The lowest BCUT2D eigenvalue weighted by Gasteiger charge is -2.27. The summed E-state index contributed by atoms with van der Waals surface area (Å²) in [6.07, 6.45) is 13.4. The Bertz CT molecular complexity index is 187. The molecule has 0 aliphatic heterocycles. The average Bonchev–Trinajstić information content (AvgIpc) is 2.39. The number of aliphatic hydroxyl groups is 2. The van der Waals surface area contributed by atoms with Crippen molar-refractivity contribution in [3.05, 3.63) is 0 Å². The fourth-order valence-electron chi connectivity index (χ4n) is 2.64. The maximum Gasteiger partial charge on any atom is 0.106 e. The lowest BCUT2D eigenvalue weighted by Crippen LogP contribution is -2.40. The molecule has 0 aromatic heterocycles. The molecule has 0 aliphatic carbocycles. The van der Waals surface area contributed by atoms with Gasteiger partial charge in [0, 0.05) is 6.54 Å². The van der Waals surface area contributed by atoms with Crippen LogP contribution in [0.25, 0.3) is 0 Å². The second-order valence-electron chi connectivity index (χ2n) is 6.04. The molecule has 2 unspecified atom stereocenters. The number of hydrogen-bond acceptors (Lipinski definition) is 3. The van der Waals surface area contributed by atoms with Gasteiger partial charge >= 0.3 is 0 Å². The summed E-state index contributed by atoms with van der Waals surface area (Å²) in [5.74, 6) is 0. The molecule has 3 nitrogen and oxygen atoms in total. The monoisotopic (exact) mass is 287 g/mol. The van der Waals surface area contributed by atoms with Gasteiger partial charge in [0.2, 0.25) is 0 Å². The first-order valence-electron chi connectivity index (χ1n) is 8.71. The highest BCUT2D eigenvalue weighted by atomic mass is 16.3. The number of nitrogens with zero attached hydrogens (tertiary/aromatic N) is 1. The van der Waals surface area contributed by atoms with Crippen LogP contribution in [0.15, 0.2) is 0 Å². The minimum atomic E-state index is -0.557. The summed E-state index contributed by atoms with van der Waals surface area (Å²) in [5, 5.41) is 19.0. The summed E-state index contributed by atoms with van der Waals surface area (Å²) in [6.45, 7) is 6.47. The molecule has 122 valence electrons. The molecule has 0 amide bonds. The van der Waals surface area contributed by atoms with Gasteiger partial charge in [-0.2, -0.15) is 0 Å². The number of aliphatic hydroxyl groups excluding tert-OH is 2. The highest BCUT2D eigenvalue weighted by Gasteiger charge is 2.14. The molecule has 20 heavy (non-hydrogen) atoms. The van der Waals surface area contributed by atoms with E-state index in [1.165, 1.54) is 64.2 Å². The molecule has 2 N–H and O–H groups in total. The first-order valence-corrected chi connectivity index (χ1v) is 8.71. The lowest BCUT2D eigenvalue weighted by atomic mass is 10.1. The quantitative estimate of drug-likeness (QED) is 0.370. The normalized spacial score (nSPS) is 14.7. The second kappa shape index (κ2) is 13.8. The van der Waals surface area contributed by atoms with Crippen LogP contribution in [0.3, 0.4) is 0 Å². The van der Waals surface area contributed by atoms with Gasteiger partial charge in [0.15, 0.2) is 0 Å². The highest BCUT2D eigenvalue weighted by Crippen LogP contribution is 2.12. The van der Waals surface area contributed by atoms with Crippen molar-refractivity contribution in [2.24, 2.45) is 0 Å². The summed E-state index contributed by atoms with van der Waals surface area (Å²) in [6, 6.07) is 0. The molecule has 0 saturated carbocycles. The van der Waals surface area contributed by atoms with Crippen LogP contribution in [0.4, 0.5) is 0 Å². The molecule has 3 heteroatoms. The van der Waals surface area contributed by atoms with E-state index in [0.717, 1.165) is 13.0 Å². The summed E-state index contributed by atoms with van der Waals surface area (Å²) in [7, 11) is 0. The van der Waals surface area contributed by atoms with Gasteiger partial charge in [0.05, 0.1) is 0 Å². The number of unbranched alkanes of at least 4 members (excludes halogenated alkanes) is 10. The Kier molecular flexibility index (Phi) is 13.8. The van der Waals surface area contributed by atoms with Crippen molar-refractivity contribution in [2.75, 3.05) is 6.54 Å². The number of rotatable bonds is 14. The third kappa shape index (κ3) is 11.7. The molecule has 0 fully saturated rings. The molecule has 0 saturated heterocycles. The smallest absolute Gasteiger partial charge is 0.106 e. The summed E-state index contributed by atoms with van der Waals surface area (Å²) < 4.78 is 0. The largest absolute Gasteiger partial charge is 0.379 e. The van der Waals surface area contributed by atoms with Gasteiger partial charge in [0.25, 0.3) is 0 Å². The van der Waals surface area contributed by atoms with Gasteiger partial charge in [-0.05, 0) is 20.3 Å². The Morgan fingerprint density at radius 2 is 1.00 bits per heavy atom. The molecule has 0 radical (unpaired) electrons. The van der Waals surface area contributed by atoms with E-state index in [1.807, 2.05) is 0 Å². The van der Waals surface area contributed by atoms with E-state index >= 15 is 0 Å². The standard InChI is InChI=1S/C17H37NO2/c1-4-5-6-7-8-9-10-11-12-13-14-15-18(16(2)19)17(3)20/h16-17,19-20H,4-15H2,1-3H3. The predicted molar refractivity (Wildman–Crippen MR) is 86.5 cm³/mol. The molecular formula is C17H37NO2. The van der Waals surface area contributed by atoms with Gasteiger partial charge in [-0.3, -0.25) is 4.90 Å². The zero-order valence-electron chi connectivity index (χ0n) is 14.0. The fraction of sp³-hybridized carbons (Fsp3) is 1.00. The zero-order valence-corrected chi connectivity index (χ0v) is 14.0. The molecule has 0 spiro atoms. The Morgan fingerprint density at radius 3 is 1.35 bits per heavy atom. The fourth-order valence-corrected chi connectivity index (χ4v) is 2.64. The zero-order chi connectivity index (χ0) is 15.2. The molecular weight excluding hydrogens is 250 g/mol. The van der Waals surface area contributed by atoms with Crippen molar-refractivity contribution in [1.29, 1.82) is 0 Å². The Labute approximate surface area is 126 Å². The molecule has 2 atom stereocenters. The lowest BCUT2D eigenvalue weighted by molar-refractivity contribution is -0.0844. The Hall–Kier alpha value is -0.120. The van der Waals surface area contributed by atoms with Crippen molar-refractivity contribution in [1.82, 2.24) is 4.90 Å². The van der Waals surface area contributed by atoms with E-state index in [1.54, 1.807) is 18.7 Å². The van der Waals surface area contributed by atoms with Gasteiger partial charge in [0.1, 0.15) is 12.5 Å². The van der Waals surface area contributed by atoms with E-state index < -0.39 is 12.5 Å². The molecule has 0 aromatic carbocycles. The Balaban J connectivity index is 3.27. The van der Waals surface area contributed by atoms with Crippen LogP contribution in [0.5, 0.6) is 0 Å². The van der Waals surface area contributed by atoms with Crippen LogP contribution in [-0.2, 0) is 0 Å². The molecule has 0 aliphatic rings. The van der Waals surface area contributed by atoms with E-state index in [2.05, 4.69) is 6.92 Å². The van der Waals surface area contributed by atoms with Gasteiger partial charge in [-0.1, -0.05) is 71.1 Å². The number of hydrogen-bond donors (Lipinski definition) is 2. The predicted octanol–water partition coefficient (Wildman–Crippen LogP) is 4.28. The van der Waals surface area contributed by atoms with Gasteiger partial charge in [-0.15, -0.1) is 0 Å². The van der Waals surface area contributed by atoms with Crippen molar-refractivity contribution in [3.8, 4) is 0 Å². The van der Waals surface area contributed by atoms with Crippen LogP contribution < -0.4 is 0 Å². The highest BCUT2D eigenvalue weighted by molar-refractivity contribution is 4.59. The molecule has 0 heterocycles. The molecule has 0 rings (SSSR count). The topological polar surface area (TPSA) is 43.7 Å². The van der Waals surface area contributed by atoms with Gasteiger partial charge in [-0.25, -0.2) is 0 Å².